The van der Waals surface area contributed by atoms with Crippen molar-refractivity contribution >= 4 is 39.5 Å². The first-order valence-corrected chi connectivity index (χ1v) is 35.5. The molecule has 0 aliphatic rings. The van der Waals surface area contributed by atoms with Crippen LogP contribution in [-0.4, -0.2) is 96.7 Å². The smallest absolute Gasteiger partial charge is 0.462 e. The average molecular weight is 1200 g/mol. The fourth-order valence-corrected chi connectivity index (χ4v) is 10.7. The molecule has 0 saturated carbocycles. The Morgan fingerprint density at radius 1 is 0.358 bits per heavy atom. The SMILES string of the molecule is CCCCCCCCCCCCCCC(=O)O[C@H](COC(=O)CCCCCCCCCCC(C)C)COP(=O)(O)OC[C@@H](O)COP(=O)(O)OC[C@@H](COC(=O)CCCCCCCCCC)OC(=O)CCCCCCCCC(C)CC. The third-order valence-electron chi connectivity index (χ3n) is 14.6. The second kappa shape index (κ2) is 54.7. The molecule has 0 aromatic heterocycles. The Kier molecular flexibility index (Phi) is 53.4. The standard InChI is InChI=1S/C62H120O17P2/c1-7-10-12-14-16-18-19-20-21-27-34-40-46-61(66)78-57(50-73-60(65)45-39-33-26-23-22-24-30-36-42-54(4)5)52-76-80(68,69)74-48-56(63)49-75-81(70,71)77-53-58(51-72-59(64)44-38-32-25-17-15-13-11-8-2)79-62(67)47-41-35-29-28-31-37-43-55(6)9-3/h54-58,63H,7-53H2,1-6H3,(H,68,69)(H,70,71)/t55?,56-,57-,58-/m1/s1. The van der Waals surface area contributed by atoms with E-state index in [9.17, 15) is 43.2 Å². The molecule has 0 radical (unpaired) electrons. The number of carbonyl (C=O) groups is 4. The van der Waals surface area contributed by atoms with Crippen LogP contribution >= 0.6 is 15.6 Å². The number of phosphoric ester groups is 2. The van der Waals surface area contributed by atoms with E-state index < -0.39 is 97.5 Å². The van der Waals surface area contributed by atoms with Crippen LogP contribution in [0.5, 0.6) is 0 Å². The van der Waals surface area contributed by atoms with Crippen LogP contribution < -0.4 is 0 Å². The Morgan fingerprint density at radius 2 is 0.630 bits per heavy atom. The maximum absolute atomic E-state index is 13.0. The van der Waals surface area contributed by atoms with E-state index in [4.69, 9.17) is 37.0 Å². The van der Waals surface area contributed by atoms with Gasteiger partial charge in [0.25, 0.3) is 0 Å². The van der Waals surface area contributed by atoms with Crippen molar-refractivity contribution in [3.05, 3.63) is 0 Å². The number of carbonyl (C=O) groups excluding carboxylic acids is 4. The molecule has 6 atom stereocenters. The molecule has 19 heteroatoms. The number of hydrogen-bond donors (Lipinski definition) is 3. The van der Waals surface area contributed by atoms with Gasteiger partial charge in [0.15, 0.2) is 12.2 Å². The number of phosphoric acid groups is 2. The fraction of sp³-hybridized carbons (Fsp3) is 0.935. The summed E-state index contributed by atoms with van der Waals surface area (Å²) in [6, 6.07) is 0. The third kappa shape index (κ3) is 55.7. The Morgan fingerprint density at radius 3 is 0.938 bits per heavy atom. The lowest BCUT2D eigenvalue weighted by Crippen LogP contribution is -2.30. The first kappa shape index (κ1) is 79.1. The Hall–Kier alpha value is -1.94. The second-order valence-electron chi connectivity index (χ2n) is 23.2. The zero-order valence-electron chi connectivity index (χ0n) is 52.1. The molecule has 0 aromatic carbocycles. The highest BCUT2D eigenvalue weighted by atomic mass is 31.2. The lowest BCUT2D eigenvalue weighted by Gasteiger charge is -2.21. The van der Waals surface area contributed by atoms with E-state index in [0.29, 0.717) is 25.7 Å². The van der Waals surface area contributed by atoms with Crippen LogP contribution in [0.4, 0.5) is 0 Å². The lowest BCUT2D eigenvalue weighted by atomic mass is 10.00. The van der Waals surface area contributed by atoms with Crippen LogP contribution in [-0.2, 0) is 65.4 Å². The summed E-state index contributed by atoms with van der Waals surface area (Å²) in [5.74, 6) is -0.694. The van der Waals surface area contributed by atoms with Gasteiger partial charge in [0.1, 0.15) is 19.3 Å². The summed E-state index contributed by atoms with van der Waals surface area (Å²) < 4.78 is 67.8. The summed E-state index contributed by atoms with van der Waals surface area (Å²) >= 11 is 0. The molecule has 0 heterocycles. The van der Waals surface area contributed by atoms with Gasteiger partial charge < -0.3 is 33.8 Å². The van der Waals surface area contributed by atoms with Gasteiger partial charge in [0, 0.05) is 25.7 Å². The molecule has 0 fully saturated rings. The van der Waals surface area contributed by atoms with E-state index >= 15 is 0 Å². The van der Waals surface area contributed by atoms with Gasteiger partial charge in [-0.2, -0.15) is 0 Å². The van der Waals surface area contributed by atoms with E-state index in [1.807, 2.05) is 0 Å². The molecule has 17 nitrogen and oxygen atoms in total. The molecule has 3 unspecified atom stereocenters. The van der Waals surface area contributed by atoms with E-state index in [1.54, 1.807) is 0 Å². The van der Waals surface area contributed by atoms with Crippen molar-refractivity contribution in [2.45, 2.75) is 323 Å². The highest BCUT2D eigenvalue weighted by molar-refractivity contribution is 7.47. The van der Waals surface area contributed by atoms with Crippen LogP contribution in [0.1, 0.15) is 305 Å². The summed E-state index contributed by atoms with van der Waals surface area (Å²) in [6.07, 6.45) is 36.2. The normalized spacial score (nSPS) is 14.7. The summed E-state index contributed by atoms with van der Waals surface area (Å²) in [5.41, 5.74) is 0. The molecule has 0 saturated heterocycles. The van der Waals surface area contributed by atoms with Gasteiger partial charge in [-0.05, 0) is 37.5 Å². The van der Waals surface area contributed by atoms with Crippen molar-refractivity contribution < 1.29 is 80.2 Å². The lowest BCUT2D eigenvalue weighted by molar-refractivity contribution is -0.161. The molecule has 0 spiro atoms. The molecule has 3 N–H and O–H groups in total. The minimum absolute atomic E-state index is 0.103. The van der Waals surface area contributed by atoms with Gasteiger partial charge in [-0.3, -0.25) is 37.3 Å². The maximum atomic E-state index is 13.0. The summed E-state index contributed by atoms with van der Waals surface area (Å²) in [5, 5.41) is 10.5. The van der Waals surface area contributed by atoms with Crippen molar-refractivity contribution in [1.82, 2.24) is 0 Å². The van der Waals surface area contributed by atoms with Crippen molar-refractivity contribution in [3.8, 4) is 0 Å². The number of rotatable bonds is 61. The molecule has 0 rings (SSSR count). The zero-order chi connectivity index (χ0) is 60.1. The van der Waals surface area contributed by atoms with Crippen LogP contribution in [0.25, 0.3) is 0 Å². The largest absolute Gasteiger partial charge is 0.472 e. The minimum Gasteiger partial charge on any atom is -0.462 e. The van der Waals surface area contributed by atoms with E-state index in [0.717, 1.165) is 108 Å². The Bertz CT molecular complexity index is 1600. The van der Waals surface area contributed by atoms with Crippen LogP contribution in [0.15, 0.2) is 0 Å². The molecule has 0 amide bonds. The Labute approximate surface area is 492 Å². The average Bonchev–Trinajstić information content (AvgIpc) is 3.43. The van der Waals surface area contributed by atoms with Gasteiger partial charge in [0.05, 0.1) is 26.4 Å². The number of unbranched alkanes of at least 4 members (excludes halogenated alkanes) is 30. The molecule has 0 aliphatic heterocycles. The zero-order valence-corrected chi connectivity index (χ0v) is 53.9. The van der Waals surface area contributed by atoms with Gasteiger partial charge in [-0.25, -0.2) is 9.13 Å². The maximum Gasteiger partial charge on any atom is 0.472 e. The second-order valence-corrected chi connectivity index (χ2v) is 26.1. The number of aliphatic hydroxyl groups is 1. The van der Waals surface area contributed by atoms with Crippen molar-refractivity contribution in [3.63, 3.8) is 0 Å². The molecule has 81 heavy (non-hydrogen) atoms. The van der Waals surface area contributed by atoms with Crippen molar-refractivity contribution in [1.29, 1.82) is 0 Å². The third-order valence-corrected chi connectivity index (χ3v) is 16.5. The van der Waals surface area contributed by atoms with E-state index in [1.165, 1.54) is 116 Å². The molecule has 0 aromatic rings. The minimum atomic E-state index is -4.94. The molecule has 0 aliphatic carbocycles. The molecular formula is C62H120O17P2. The van der Waals surface area contributed by atoms with E-state index in [2.05, 4.69) is 41.5 Å². The van der Waals surface area contributed by atoms with Gasteiger partial charge in [0.2, 0.25) is 0 Å². The first-order chi connectivity index (χ1) is 38.9. The predicted octanol–water partition coefficient (Wildman–Crippen LogP) is 16.9. The number of ether oxygens (including phenoxy) is 4. The number of hydrogen-bond acceptors (Lipinski definition) is 15. The number of aliphatic hydroxyl groups excluding tert-OH is 1. The van der Waals surface area contributed by atoms with E-state index in [-0.39, 0.29) is 25.7 Å². The summed E-state index contributed by atoms with van der Waals surface area (Å²) in [7, 11) is -9.88. The molecule has 480 valence electrons. The van der Waals surface area contributed by atoms with Crippen LogP contribution in [0, 0.1) is 11.8 Å². The highest BCUT2D eigenvalue weighted by Gasteiger charge is 2.30. The van der Waals surface area contributed by atoms with Crippen LogP contribution in [0.2, 0.25) is 0 Å². The summed E-state index contributed by atoms with van der Waals surface area (Å²) in [4.78, 5) is 72.0. The van der Waals surface area contributed by atoms with Gasteiger partial charge in [-0.15, -0.1) is 0 Å². The fourth-order valence-electron chi connectivity index (χ4n) is 9.15. The van der Waals surface area contributed by atoms with Gasteiger partial charge in [-0.1, -0.05) is 253 Å². The summed E-state index contributed by atoms with van der Waals surface area (Å²) in [6.45, 7) is 9.37. The van der Waals surface area contributed by atoms with Crippen molar-refractivity contribution in [2.75, 3.05) is 39.6 Å². The quantitative estimate of drug-likeness (QED) is 0.0222. The highest BCUT2D eigenvalue weighted by Crippen LogP contribution is 2.45. The van der Waals surface area contributed by atoms with Crippen molar-refractivity contribution in [2.24, 2.45) is 11.8 Å². The van der Waals surface area contributed by atoms with Crippen LogP contribution in [0.3, 0.4) is 0 Å². The number of esters is 4. The predicted molar refractivity (Wildman–Crippen MR) is 321 cm³/mol. The topological polar surface area (TPSA) is 237 Å². The monoisotopic (exact) mass is 1200 g/mol. The van der Waals surface area contributed by atoms with Gasteiger partial charge >= 0.3 is 39.5 Å². The molecule has 0 bridgehead atoms. The first-order valence-electron chi connectivity index (χ1n) is 32.5. The molecular weight excluding hydrogens is 1080 g/mol. The Balaban J connectivity index is 5.24.